The van der Waals surface area contributed by atoms with Crippen LogP contribution in [0.5, 0.6) is 5.75 Å². The first-order chi connectivity index (χ1) is 11.5. The Morgan fingerprint density at radius 1 is 1.08 bits per heavy atom. The third kappa shape index (κ3) is 3.25. The number of aromatic hydroxyl groups is 1. The van der Waals surface area contributed by atoms with Gasteiger partial charge in [0, 0.05) is 17.3 Å². The highest BCUT2D eigenvalue weighted by Crippen LogP contribution is 2.23. The second-order valence-electron chi connectivity index (χ2n) is 5.01. The van der Waals surface area contributed by atoms with Crippen LogP contribution in [0, 0.1) is 0 Å². The third-order valence-electron chi connectivity index (χ3n) is 3.30. The van der Waals surface area contributed by atoms with Crippen molar-refractivity contribution < 1.29 is 15.0 Å². The maximum absolute atomic E-state index is 11.8. The molecule has 0 saturated carbocycles. The van der Waals surface area contributed by atoms with Gasteiger partial charge in [-0.3, -0.25) is 9.78 Å². The maximum atomic E-state index is 11.8. The van der Waals surface area contributed by atoms with Crippen molar-refractivity contribution in [1.82, 2.24) is 9.97 Å². The number of carboxylic acids is 1. The standard InChI is InChI=1S/C17H13N3O4/c21-14-7-6-11(8-12(14)16(23)24)18-17-19-13(9-15(22)20-17)10-4-2-1-3-5-10/h1-9,21H,(H,23,24)(H2,18,19,20,22). The lowest BCUT2D eigenvalue weighted by Gasteiger charge is -2.09. The van der Waals surface area contributed by atoms with Gasteiger partial charge in [0.15, 0.2) is 0 Å². The smallest absolute Gasteiger partial charge is 0.339 e. The SMILES string of the molecule is O=C(O)c1cc(Nc2nc(-c3ccccc3)cc(=O)[nH]2)ccc1O. The summed E-state index contributed by atoms with van der Waals surface area (Å²) in [5, 5.41) is 21.4. The fourth-order valence-electron chi connectivity index (χ4n) is 2.20. The van der Waals surface area contributed by atoms with Gasteiger partial charge in [0.1, 0.15) is 11.3 Å². The number of carboxylic acid groups (broad SMARTS) is 1. The number of hydrogen-bond donors (Lipinski definition) is 4. The van der Waals surface area contributed by atoms with Crippen LogP contribution in [0.25, 0.3) is 11.3 Å². The first kappa shape index (κ1) is 15.3. The lowest BCUT2D eigenvalue weighted by atomic mass is 10.1. The van der Waals surface area contributed by atoms with E-state index in [9.17, 15) is 14.7 Å². The number of hydrogen-bond acceptors (Lipinski definition) is 5. The minimum Gasteiger partial charge on any atom is -0.507 e. The van der Waals surface area contributed by atoms with Crippen LogP contribution >= 0.6 is 0 Å². The zero-order chi connectivity index (χ0) is 17.1. The Balaban J connectivity index is 1.97. The topological polar surface area (TPSA) is 115 Å². The van der Waals surface area contributed by atoms with Crippen molar-refractivity contribution in [3.8, 4) is 17.0 Å². The number of carbonyl (C=O) groups is 1. The molecule has 3 rings (SSSR count). The van der Waals surface area contributed by atoms with Gasteiger partial charge >= 0.3 is 5.97 Å². The number of H-pyrrole nitrogens is 1. The van der Waals surface area contributed by atoms with E-state index in [-0.39, 0.29) is 22.8 Å². The molecular formula is C17H13N3O4. The molecular weight excluding hydrogens is 310 g/mol. The van der Waals surface area contributed by atoms with E-state index in [1.165, 1.54) is 24.3 Å². The van der Waals surface area contributed by atoms with Crippen molar-refractivity contribution in [1.29, 1.82) is 0 Å². The second-order valence-corrected chi connectivity index (χ2v) is 5.01. The van der Waals surface area contributed by atoms with Crippen molar-refractivity contribution >= 4 is 17.6 Å². The largest absolute Gasteiger partial charge is 0.507 e. The first-order valence-corrected chi connectivity index (χ1v) is 7.03. The minimum absolute atomic E-state index is 0.170. The van der Waals surface area contributed by atoms with Gasteiger partial charge in [-0.2, -0.15) is 0 Å². The van der Waals surface area contributed by atoms with Gasteiger partial charge in [-0.25, -0.2) is 9.78 Å². The molecule has 7 heteroatoms. The predicted octanol–water partition coefficient (Wildman–Crippen LogP) is 2.58. The zero-order valence-electron chi connectivity index (χ0n) is 12.4. The summed E-state index contributed by atoms with van der Waals surface area (Å²) >= 11 is 0. The molecule has 0 fully saturated rings. The van der Waals surface area contributed by atoms with Crippen molar-refractivity contribution in [2.24, 2.45) is 0 Å². The Hall–Kier alpha value is -3.61. The van der Waals surface area contributed by atoms with Gasteiger partial charge in [-0.1, -0.05) is 30.3 Å². The molecule has 4 N–H and O–H groups in total. The molecule has 1 aromatic heterocycles. The van der Waals surface area contributed by atoms with E-state index in [0.717, 1.165) is 5.56 Å². The maximum Gasteiger partial charge on any atom is 0.339 e. The number of nitrogens with one attached hydrogen (secondary N) is 2. The van der Waals surface area contributed by atoms with E-state index < -0.39 is 5.97 Å². The van der Waals surface area contributed by atoms with E-state index >= 15 is 0 Å². The Morgan fingerprint density at radius 2 is 1.83 bits per heavy atom. The summed E-state index contributed by atoms with van der Waals surface area (Å²) in [6.07, 6.45) is 0. The van der Waals surface area contributed by atoms with Gasteiger partial charge in [0.25, 0.3) is 5.56 Å². The Kier molecular flexibility index (Phi) is 3.98. The minimum atomic E-state index is -1.25. The molecule has 7 nitrogen and oxygen atoms in total. The van der Waals surface area contributed by atoms with Gasteiger partial charge in [0.05, 0.1) is 5.69 Å². The monoisotopic (exact) mass is 323 g/mol. The molecule has 0 spiro atoms. The van der Waals surface area contributed by atoms with Gasteiger partial charge in [-0.15, -0.1) is 0 Å². The molecule has 0 aliphatic heterocycles. The molecule has 0 amide bonds. The molecule has 0 saturated heterocycles. The molecule has 2 aromatic carbocycles. The predicted molar refractivity (Wildman–Crippen MR) is 88.6 cm³/mol. The average Bonchev–Trinajstić information content (AvgIpc) is 2.56. The molecule has 0 radical (unpaired) electrons. The van der Waals surface area contributed by atoms with Crippen molar-refractivity contribution in [2.45, 2.75) is 0 Å². The van der Waals surface area contributed by atoms with Gasteiger partial charge in [0.2, 0.25) is 5.95 Å². The number of rotatable bonds is 4. The highest BCUT2D eigenvalue weighted by molar-refractivity contribution is 5.92. The third-order valence-corrected chi connectivity index (χ3v) is 3.30. The lowest BCUT2D eigenvalue weighted by Crippen LogP contribution is -2.10. The summed E-state index contributed by atoms with van der Waals surface area (Å²) in [5.74, 6) is -1.42. The van der Waals surface area contributed by atoms with Crippen LogP contribution in [0.15, 0.2) is 59.4 Å². The van der Waals surface area contributed by atoms with Crippen LogP contribution in [0.2, 0.25) is 0 Å². The molecule has 0 atom stereocenters. The van der Waals surface area contributed by atoms with E-state index in [1.807, 2.05) is 30.3 Å². The van der Waals surface area contributed by atoms with Gasteiger partial charge < -0.3 is 15.5 Å². The summed E-state index contributed by atoms with van der Waals surface area (Å²) in [5.41, 5.74) is 1.05. The number of benzene rings is 2. The number of aromatic amines is 1. The average molecular weight is 323 g/mol. The number of phenols is 1. The van der Waals surface area contributed by atoms with Crippen molar-refractivity contribution in [2.75, 3.05) is 5.32 Å². The molecule has 1 heterocycles. The number of anilines is 2. The van der Waals surface area contributed by atoms with E-state index in [1.54, 1.807) is 0 Å². The fraction of sp³-hybridized carbons (Fsp3) is 0. The van der Waals surface area contributed by atoms with Crippen molar-refractivity contribution in [3.05, 3.63) is 70.5 Å². The summed E-state index contributed by atoms with van der Waals surface area (Å²) in [6.45, 7) is 0. The normalized spacial score (nSPS) is 10.3. The van der Waals surface area contributed by atoms with Crippen LogP contribution in [-0.4, -0.2) is 26.2 Å². The number of nitrogens with zero attached hydrogens (tertiary/aromatic N) is 1. The highest BCUT2D eigenvalue weighted by atomic mass is 16.4. The first-order valence-electron chi connectivity index (χ1n) is 7.03. The number of aromatic nitrogens is 2. The zero-order valence-corrected chi connectivity index (χ0v) is 12.4. The summed E-state index contributed by atoms with van der Waals surface area (Å²) in [7, 11) is 0. The Morgan fingerprint density at radius 3 is 2.54 bits per heavy atom. The van der Waals surface area contributed by atoms with Crippen LogP contribution in [0.1, 0.15) is 10.4 Å². The summed E-state index contributed by atoms with van der Waals surface area (Å²) in [6, 6.07) is 14.6. The molecule has 0 aliphatic carbocycles. The van der Waals surface area contributed by atoms with E-state index in [2.05, 4.69) is 15.3 Å². The molecule has 0 unspecified atom stereocenters. The number of aromatic carboxylic acids is 1. The highest BCUT2D eigenvalue weighted by Gasteiger charge is 2.11. The lowest BCUT2D eigenvalue weighted by molar-refractivity contribution is 0.0694. The Labute approximate surface area is 136 Å². The van der Waals surface area contributed by atoms with Gasteiger partial charge in [-0.05, 0) is 18.2 Å². The van der Waals surface area contributed by atoms with E-state index in [0.29, 0.717) is 11.4 Å². The molecule has 120 valence electrons. The molecule has 3 aromatic rings. The summed E-state index contributed by atoms with van der Waals surface area (Å²) < 4.78 is 0. The quantitative estimate of drug-likeness (QED) is 0.549. The Bertz CT molecular complexity index is 952. The summed E-state index contributed by atoms with van der Waals surface area (Å²) in [4.78, 5) is 29.8. The van der Waals surface area contributed by atoms with Crippen LogP contribution in [0.3, 0.4) is 0 Å². The fourth-order valence-corrected chi connectivity index (χ4v) is 2.20. The second kappa shape index (κ2) is 6.25. The molecule has 0 aliphatic rings. The van der Waals surface area contributed by atoms with Crippen molar-refractivity contribution in [3.63, 3.8) is 0 Å². The molecule has 24 heavy (non-hydrogen) atoms. The van der Waals surface area contributed by atoms with Crippen LogP contribution in [-0.2, 0) is 0 Å². The molecule has 0 bridgehead atoms. The van der Waals surface area contributed by atoms with Crippen LogP contribution < -0.4 is 10.9 Å². The van der Waals surface area contributed by atoms with E-state index in [4.69, 9.17) is 5.11 Å². The van der Waals surface area contributed by atoms with Crippen LogP contribution in [0.4, 0.5) is 11.6 Å².